The van der Waals surface area contributed by atoms with E-state index in [2.05, 4.69) is 0 Å². The number of carbonyl (C=O) groups excluding carboxylic acids is 3. The lowest BCUT2D eigenvalue weighted by Gasteiger charge is -2.47. The molecule has 1 fully saturated rings. The third kappa shape index (κ3) is 3.60. The van der Waals surface area contributed by atoms with Gasteiger partial charge < -0.3 is 30.2 Å². The number of anilines is 1. The molecule has 3 N–H and O–H groups in total. The van der Waals surface area contributed by atoms with Crippen LogP contribution in [0.3, 0.4) is 0 Å². The highest BCUT2D eigenvalue weighted by molar-refractivity contribution is 6.08. The fourth-order valence-electron chi connectivity index (χ4n) is 5.97. The average Bonchev–Trinajstić information content (AvgIpc) is 3.55. The number of ether oxygens (including phenoxy) is 2. The molecular weight excluding hydrogens is 512 g/mol. The minimum atomic E-state index is -0.788. The summed E-state index contributed by atoms with van der Waals surface area (Å²) in [6.45, 7) is -0.0569. The molecule has 2 atom stereocenters. The summed E-state index contributed by atoms with van der Waals surface area (Å²) in [6.07, 6.45) is 3.10. The zero-order valence-corrected chi connectivity index (χ0v) is 21.2. The van der Waals surface area contributed by atoms with E-state index in [1.54, 1.807) is 47.4 Å². The molecule has 3 amide bonds. The first-order chi connectivity index (χ1) is 19.4. The lowest BCUT2D eigenvalue weighted by Crippen LogP contribution is -2.63. The van der Waals surface area contributed by atoms with Gasteiger partial charge in [-0.15, -0.1) is 0 Å². The second kappa shape index (κ2) is 8.91. The molecule has 10 nitrogen and oxygen atoms in total. The van der Waals surface area contributed by atoms with Crippen molar-refractivity contribution < 1.29 is 29.1 Å². The fourth-order valence-corrected chi connectivity index (χ4v) is 5.97. The van der Waals surface area contributed by atoms with Crippen molar-refractivity contribution in [1.82, 2.24) is 9.63 Å². The summed E-state index contributed by atoms with van der Waals surface area (Å²) in [5.74, 6) is 0.123. The SMILES string of the molecule is NC(=O)/C=C/c1ccc(N2CC(=O)N3C(Cc4c(n(O)c5ccccc45)C3c3ccc4c(c3)OCO4)C2=O)cc1. The standard InChI is InChI=1S/C30H24N4O6/c31-26(35)12-7-17-5-9-19(10-6-17)32-15-27(36)33-23(30(32)37)14-21-20-3-1-2-4-22(20)34(38)29(21)28(33)18-8-11-24-25(13-18)40-16-39-24/h1-13,23,28,38H,14-16H2,(H2,31,35)/b12-7+. The third-order valence-electron chi connectivity index (χ3n) is 7.75. The summed E-state index contributed by atoms with van der Waals surface area (Å²) in [4.78, 5) is 42.1. The Bertz CT molecular complexity index is 1740. The Balaban J connectivity index is 1.33. The maximum atomic E-state index is 14.1. The molecule has 1 aromatic heterocycles. The Hall–Kier alpha value is -5.25. The highest BCUT2D eigenvalue weighted by Crippen LogP contribution is 2.46. The van der Waals surface area contributed by atoms with E-state index >= 15 is 0 Å². The van der Waals surface area contributed by atoms with E-state index in [1.807, 2.05) is 30.3 Å². The van der Waals surface area contributed by atoms with E-state index in [4.69, 9.17) is 15.2 Å². The van der Waals surface area contributed by atoms with E-state index < -0.39 is 18.0 Å². The molecule has 3 aromatic carbocycles. The molecule has 200 valence electrons. The zero-order valence-electron chi connectivity index (χ0n) is 21.2. The predicted molar refractivity (Wildman–Crippen MR) is 145 cm³/mol. The van der Waals surface area contributed by atoms with Crippen LogP contribution in [-0.4, -0.2) is 51.9 Å². The van der Waals surface area contributed by atoms with Crippen LogP contribution < -0.4 is 20.1 Å². The van der Waals surface area contributed by atoms with E-state index in [0.29, 0.717) is 34.0 Å². The first kappa shape index (κ1) is 23.8. The monoisotopic (exact) mass is 536 g/mol. The topological polar surface area (TPSA) is 127 Å². The average molecular weight is 537 g/mol. The summed E-state index contributed by atoms with van der Waals surface area (Å²) < 4.78 is 12.2. The number of aromatic nitrogens is 1. The number of piperazine rings is 1. The number of hydrogen-bond acceptors (Lipinski definition) is 6. The van der Waals surface area contributed by atoms with Crippen molar-refractivity contribution in [2.75, 3.05) is 18.2 Å². The van der Waals surface area contributed by atoms with Gasteiger partial charge in [0.2, 0.25) is 18.6 Å². The zero-order chi connectivity index (χ0) is 27.5. The van der Waals surface area contributed by atoms with Crippen molar-refractivity contribution in [3.05, 3.63) is 95.2 Å². The van der Waals surface area contributed by atoms with Crippen LogP contribution in [0.4, 0.5) is 5.69 Å². The number of nitrogens with zero attached hydrogens (tertiary/aromatic N) is 3. The van der Waals surface area contributed by atoms with Crippen molar-refractivity contribution in [1.29, 1.82) is 0 Å². The van der Waals surface area contributed by atoms with Crippen molar-refractivity contribution in [2.45, 2.75) is 18.5 Å². The molecule has 7 rings (SSSR count). The molecule has 1 saturated heterocycles. The van der Waals surface area contributed by atoms with Crippen LogP contribution in [0.2, 0.25) is 0 Å². The molecular formula is C30H24N4O6. The highest BCUT2D eigenvalue weighted by atomic mass is 16.7. The molecule has 4 aromatic rings. The Morgan fingerprint density at radius 2 is 1.77 bits per heavy atom. The molecule has 0 spiro atoms. The molecule has 0 bridgehead atoms. The minimum Gasteiger partial charge on any atom is -0.454 e. The van der Waals surface area contributed by atoms with Crippen molar-refractivity contribution in [3.8, 4) is 11.5 Å². The minimum absolute atomic E-state index is 0.102. The number of nitrogens with two attached hydrogens (primary N) is 1. The van der Waals surface area contributed by atoms with Gasteiger partial charge >= 0.3 is 0 Å². The van der Waals surface area contributed by atoms with Gasteiger partial charge in [0.15, 0.2) is 11.5 Å². The van der Waals surface area contributed by atoms with Crippen LogP contribution in [0, 0.1) is 0 Å². The van der Waals surface area contributed by atoms with Crippen LogP contribution in [0.25, 0.3) is 17.0 Å². The van der Waals surface area contributed by atoms with E-state index in [-0.39, 0.29) is 31.6 Å². The lowest BCUT2D eigenvalue weighted by molar-refractivity contribution is -0.146. The maximum Gasteiger partial charge on any atom is 0.250 e. The van der Waals surface area contributed by atoms with Crippen LogP contribution in [0.1, 0.15) is 28.4 Å². The fraction of sp³-hybridized carbons (Fsp3) is 0.167. The van der Waals surface area contributed by atoms with Gasteiger partial charge in [-0.05, 0) is 53.1 Å². The van der Waals surface area contributed by atoms with Gasteiger partial charge in [-0.25, -0.2) is 0 Å². The Morgan fingerprint density at radius 3 is 2.58 bits per heavy atom. The normalized spacial score (nSPS) is 19.8. The summed E-state index contributed by atoms with van der Waals surface area (Å²) in [5, 5.41) is 12.2. The molecule has 0 aliphatic carbocycles. The largest absolute Gasteiger partial charge is 0.454 e. The van der Waals surface area contributed by atoms with Gasteiger partial charge in [-0.1, -0.05) is 36.4 Å². The van der Waals surface area contributed by atoms with Crippen LogP contribution in [-0.2, 0) is 20.8 Å². The van der Waals surface area contributed by atoms with Gasteiger partial charge in [-0.3, -0.25) is 14.4 Å². The Kier molecular flexibility index (Phi) is 5.31. The molecule has 3 aliphatic rings. The van der Waals surface area contributed by atoms with E-state index in [9.17, 15) is 19.6 Å². The van der Waals surface area contributed by atoms with Crippen molar-refractivity contribution >= 4 is 40.4 Å². The van der Waals surface area contributed by atoms with E-state index in [1.165, 1.54) is 11.0 Å². The number of amides is 3. The quantitative estimate of drug-likeness (QED) is 0.305. The van der Waals surface area contributed by atoms with Crippen LogP contribution in [0.5, 0.6) is 11.5 Å². The molecule has 2 unspecified atom stereocenters. The van der Waals surface area contributed by atoms with Crippen LogP contribution in [0.15, 0.2) is 72.8 Å². The number of benzene rings is 3. The van der Waals surface area contributed by atoms with Gasteiger partial charge in [-0.2, -0.15) is 4.73 Å². The highest BCUT2D eigenvalue weighted by Gasteiger charge is 2.49. The molecule has 3 aliphatic heterocycles. The molecule has 40 heavy (non-hydrogen) atoms. The van der Waals surface area contributed by atoms with Gasteiger partial charge in [0.05, 0.1) is 11.2 Å². The number of rotatable bonds is 4. The smallest absolute Gasteiger partial charge is 0.250 e. The number of primary amides is 1. The van der Waals surface area contributed by atoms with Crippen molar-refractivity contribution in [2.24, 2.45) is 5.73 Å². The first-order valence-electron chi connectivity index (χ1n) is 12.8. The number of carbonyl (C=O) groups is 3. The van der Waals surface area contributed by atoms with Gasteiger partial charge in [0, 0.05) is 23.6 Å². The molecule has 10 heteroatoms. The summed E-state index contributed by atoms with van der Waals surface area (Å²) in [6, 6.07) is 18.4. The predicted octanol–water partition coefficient (Wildman–Crippen LogP) is 3.00. The summed E-state index contributed by atoms with van der Waals surface area (Å²) in [7, 11) is 0. The second-order valence-electron chi connectivity index (χ2n) is 9.98. The summed E-state index contributed by atoms with van der Waals surface area (Å²) >= 11 is 0. The van der Waals surface area contributed by atoms with Crippen molar-refractivity contribution in [3.63, 3.8) is 0 Å². The summed E-state index contributed by atoms with van der Waals surface area (Å²) in [5.41, 5.74) is 9.17. The van der Waals surface area contributed by atoms with Gasteiger partial charge in [0.25, 0.3) is 5.91 Å². The third-order valence-corrected chi connectivity index (χ3v) is 7.75. The number of fused-ring (bicyclic) bond motifs is 5. The molecule has 0 radical (unpaired) electrons. The maximum absolute atomic E-state index is 14.1. The Morgan fingerprint density at radius 1 is 1.00 bits per heavy atom. The lowest BCUT2D eigenvalue weighted by atomic mass is 9.86. The number of para-hydroxylation sites is 1. The number of hydrogen-bond donors (Lipinski definition) is 2. The first-order valence-corrected chi connectivity index (χ1v) is 12.8. The molecule has 4 heterocycles. The van der Waals surface area contributed by atoms with E-state index in [0.717, 1.165) is 21.2 Å². The van der Waals surface area contributed by atoms with Gasteiger partial charge in [0.1, 0.15) is 18.6 Å². The Labute approximate surface area is 228 Å². The molecule has 0 saturated carbocycles. The second-order valence-corrected chi connectivity index (χ2v) is 9.98. The van der Waals surface area contributed by atoms with Crippen LogP contribution >= 0.6 is 0 Å².